The quantitative estimate of drug-likeness (QED) is 0.669. The highest BCUT2D eigenvalue weighted by Crippen LogP contribution is 2.14. The van der Waals surface area contributed by atoms with Crippen LogP contribution in [0, 0.1) is 0 Å². The number of ether oxygens (including phenoxy) is 1. The lowest BCUT2D eigenvalue weighted by molar-refractivity contribution is 0.298. The van der Waals surface area contributed by atoms with Crippen LogP contribution < -0.4 is 10.2 Å². The molecule has 104 valence electrons. The van der Waals surface area contributed by atoms with Gasteiger partial charge in [0.2, 0.25) is 0 Å². The van der Waals surface area contributed by atoms with Crippen LogP contribution in [0.2, 0.25) is 0 Å². The molecule has 2 aromatic carbocycles. The molecule has 2 rings (SSSR count). The first-order chi connectivity index (χ1) is 9.70. The lowest BCUT2D eigenvalue weighted by Gasteiger charge is -2.11. The second kappa shape index (κ2) is 7.10. The fourth-order valence-corrected chi connectivity index (χ4v) is 1.96. The Morgan fingerprint density at radius 3 is 2.30 bits per heavy atom. The fourth-order valence-electron chi connectivity index (χ4n) is 1.96. The number of hydrogen-bond acceptors (Lipinski definition) is 4. The molecule has 0 aliphatic rings. The Labute approximate surface area is 118 Å². The molecule has 0 aliphatic heterocycles. The molecule has 0 spiro atoms. The van der Waals surface area contributed by atoms with Gasteiger partial charge in [-0.1, -0.05) is 36.4 Å². The highest BCUT2D eigenvalue weighted by atomic mass is 16.5. The zero-order valence-electron chi connectivity index (χ0n) is 11.1. The highest BCUT2D eigenvalue weighted by Gasteiger charge is 2.15. The molecule has 0 atom stereocenters. The molecular formula is C15H17BO4. The summed E-state index contributed by atoms with van der Waals surface area (Å²) in [6.45, 7) is 0.398. The standard InChI is InChI=1S/C15H17BO4/c17-10-9-12-5-7-14(8-6-12)20-11-13-3-1-2-4-15(13)16(18)19/h1-8,17-19H,9-11H2. The van der Waals surface area contributed by atoms with Crippen LogP contribution in [0.5, 0.6) is 5.75 Å². The summed E-state index contributed by atoms with van der Waals surface area (Å²) in [7, 11) is -1.50. The van der Waals surface area contributed by atoms with E-state index in [1.54, 1.807) is 18.2 Å². The average molecular weight is 272 g/mol. The predicted octanol–water partition coefficient (Wildman–Crippen LogP) is 0.480. The highest BCUT2D eigenvalue weighted by molar-refractivity contribution is 6.59. The van der Waals surface area contributed by atoms with Crippen molar-refractivity contribution < 1.29 is 19.9 Å². The maximum Gasteiger partial charge on any atom is 0.488 e. The van der Waals surface area contributed by atoms with Crippen molar-refractivity contribution in [3.05, 3.63) is 59.7 Å². The maximum absolute atomic E-state index is 9.27. The van der Waals surface area contributed by atoms with Crippen molar-refractivity contribution in [2.45, 2.75) is 13.0 Å². The molecule has 0 bridgehead atoms. The van der Waals surface area contributed by atoms with Crippen LogP contribution in [0.4, 0.5) is 0 Å². The molecular weight excluding hydrogens is 255 g/mol. The van der Waals surface area contributed by atoms with Gasteiger partial charge in [-0.15, -0.1) is 0 Å². The van der Waals surface area contributed by atoms with Crippen molar-refractivity contribution in [1.82, 2.24) is 0 Å². The van der Waals surface area contributed by atoms with Crippen molar-refractivity contribution in [3.63, 3.8) is 0 Å². The summed E-state index contributed by atoms with van der Waals surface area (Å²) in [6, 6.07) is 14.5. The van der Waals surface area contributed by atoms with Crippen LogP contribution in [-0.4, -0.2) is 28.9 Å². The topological polar surface area (TPSA) is 69.9 Å². The number of aliphatic hydroxyl groups is 1. The summed E-state index contributed by atoms with van der Waals surface area (Å²) in [6.07, 6.45) is 0.625. The Bertz CT molecular complexity index is 540. The summed E-state index contributed by atoms with van der Waals surface area (Å²) in [5.74, 6) is 0.703. The first kappa shape index (κ1) is 14.6. The van der Waals surface area contributed by atoms with Gasteiger partial charge in [-0.25, -0.2) is 0 Å². The minimum absolute atomic E-state index is 0.127. The summed E-state index contributed by atoms with van der Waals surface area (Å²) in [4.78, 5) is 0. The molecule has 0 aromatic heterocycles. The number of benzene rings is 2. The van der Waals surface area contributed by atoms with Crippen LogP contribution in [0.1, 0.15) is 11.1 Å². The predicted molar refractivity (Wildman–Crippen MR) is 77.8 cm³/mol. The molecule has 0 saturated carbocycles. The van der Waals surface area contributed by atoms with Gasteiger partial charge in [0, 0.05) is 6.61 Å². The van der Waals surface area contributed by atoms with E-state index in [1.165, 1.54) is 0 Å². The number of aliphatic hydroxyl groups excluding tert-OH is 1. The van der Waals surface area contributed by atoms with Crippen molar-refractivity contribution in [2.24, 2.45) is 0 Å². The summed E-state index contributed by atoms with van der Waals surface area (Å²) >= 11 is 0. The van der Waals surface area contributed by atoms with Crippen LogP contribution >= 0.6 is 0 Å². The third-order valence-electron chi connectivity index (χ3n) is 3.05. The SMILES string of the molecule is OCCc1ccc(OCc2ccccc2B(O)O)cc1. The minimum atomic E-state index is -1.50. The molecule has 20 heavy (non-hydrogen) atoms. The lowest BCUT2D eigenvalue weighted by Crippen LogP contribution is -2.33. The van der Waals surface area contributed by atoms with Gasteiger partial charge in [-0.05, 0) is 35.1 Å². The average Bonchev–Trinajstić information content (AvgIpc) is 2.47. The second-order valence-corrected chi connectivity index (χ2v) is 4.48. The third-order valence-corrected chi connectivity index (χ3v) is 3.05. The van der Waals surface area contributed by atoms with Gasteiger partial charge in [-0.3, -0.25) is 0 Å². The van der Waals surface area contributed by atoms with Gasteiger partial charge in [0.1, 0.15) is 12.4 Å². The Balaban J connectivity index is 2.01. The summed E-state index contributed by atoms with van der Waals surface area (Å²) in [5.41, 5.74) is 2.23. The molecule has 3 N–H and O–H groups in total. The Hall–Kier alpha value is -1.82. The van der Waals surface area contributed by atoms with Gasteiger partial charge in [-0.2, -0.15) is 0 Å². The zero-order valence-corrected chi connectivity index (χ0v) is 11.1. The molecule has 2 aromatic rings. The Kier molecular flexibility index (Phi) is 5.18. The van der Waals surface area contributed by atoms with Gasteiger partial charge in [0.25, 0.3) is 0 Å². The summed E-state index contributed by atoms with van der Waals surface area (Å²) < 4.78 is 5.63. The fraction of sp³-hybridized carbons (Fsp3) is 0.200. The van der Waals surface area contributed by atoms with Gasteiger partial charge < -0.3 is 19.9 Å². The first-order valence-corrected chi connectivity index (χ1v) is 6.47. The van der Waals surface area contributed by atoms with Crippen molar-refractivity contribution in [2.75, 3.05) is 6.61 Å². The van der Waals surface area contributed by atoms with Crippen LogP contribution in [0.3, 0.4) is 0 Å². The van der Waals surface area contributed by atoms with Crippen LogP contribution in [0.25, 0.3) is 0 Å². The van der Waals surface area contributed by atoms with E-state index in [0.29, 0.717) is 17.6 Å². The molecule has 0 heterocycles. The van der Waals surface area contributed by atoms with E-state index in [2.05, 4.69) is 0 Å². The number of hydrogen-bond donors (Lipinski definition) is 3. The molecule has 0 unspecified atom stereocenters. The van der Waals surface area contributed by atoms with E-state index in [-0.39, 0.29) is 13.2 Å². The normalized spacial score (nSPS) is 10.3. The van der Waals surface area contributed by atoms with Gasteiger partial charge in [0.15, 0.2) is 0 Å². The molecule has 0 saturated heterocycles. The summed E-state index contributed by atoms with van der Waals surface area (Å²) in [5, 5.41) is 27.4. The van der Waals surface area contributed by atoms with Gasteiger partial charge in [0.05, 0.1) is 0 Å². The smallest absolute Gasteiger partial charge is 0.488 e. The van der Waals surface area contributed by atoms with E-state index < -0.39 is 7.12 Å². The van der Waals surface area contributed by atoms with E-state index in [1.807, 2.05) is 30.3 Å². The zero-order chi connectivity index (χ0) is 14.4. The number of rotatable bonds is 6. The van der Waals surface area contributed by atoms with E-state index in [9.17, 15) is 10.0 Å². The second-order valence-electron chi connectivity index (χ2n) is 4.48. The third kappa shape index (κ3) is 3.84. The molecule has 5 heteroatoms. The minimum Gasteiger partial charge on any atom is -0.489 e. The lowest BCUT2D eigenvalue weighted by atomic mass is 9.77. The maximum atomic E-state index is 9.27. The molecule has 0 radical (unpaired) electrons. The largest absolute Gasteiger partial charge is 0.489 e. The van der Waals surface area contributed by atoms with Crippen molar-refractivity contribution in [1.29, 1.82) is 0 Å². The van der Waals surface area contributed by atoms with Crippen molar-refractivity contribution in [3.8, 4) is 5.75 Å². The van der Waals surface area contributed by atoms with Gasteiger partial charge >= 0.3 is 7.12 Å². The Morgan fingerprint density at radius 2 is 1.65 bits per heavy atom. The van der Waals surface area contributed by atoms with E-state index >= 15 is 0 Å². The first-order valence-electron chi connectivity index (χ1n) is 6.47. The molecule has 4 nitrogen and oxygen atoms in total. The van der Waals surface area contributed by atoms with Crippen LogP contribution in [-0.2, 0) is 13.0 Å². The molecule has 0 amide bonds. The monoisotopic (exact) mass is 272 g/mol. The molecule has 0 aliphatic carbocycles. The van der Waals surface area contributed by atoms with E-state index in [0.717, 1.165) is 11.1 Å². The van der Waals surface area contributed by atoms with Crippen LogP contribution in [0.15, 0.2) is 48.5 Å². The van der Waals surface area contributed by atoms with Crippen molar-refractivity contribution >= 4 is 12.6 Å². The van der Waals surface area contributed by atoms with E-state index in [4.69, 9.17) is 9.84 Å². The Morgan fingerprint density at radius 1 is 0.950 bits per heavy atom. The molecule has 0 fully saturated rings.